The molecule has 0 aliphatic heterocycles. The number of aliphatic hydroxyl groups excluding tert-OH is 1. The number of hydrogen-bond donors (Lipinski definition) is 2. The van der Waals surface area contributed by atoms with Gasteiger partial charge in [0.15, 0.2) is 0 Å². The molecule has 1 atom stereocenters. The Balaban J connectivity index is 2.69. The zero-order chi connectivity index (χ0) is 14.4. The van der Waals surface area contributed by atoms with E-state index in [1.807, 2.05) is 20.8 Å². The highest BCUT2D eigenvalue weighted by Gasteiger charge is 2.12. The summed E-state index contributed by atoms with van der Waals surface area (Å²) in [5, 5.41) is 11.9. The summed E-state index contributed by atoms with van der Waals surface area (Å²) in [6.45, 7) is 6.01. The second-order valence-corrected chi connectivity index (χ2v) is 5.08. The van der Waals surface area contributed by atoms with Crippen LogP contribution in [0.4, 0.5) is 0 Å². The highest BCUT2D eigenvalue weighted by Crippen LogP contribution is 2.23. The SMILES string of the molecule is CC(CO)CNC(=O)c1cnc(OC(C)C)c(Cl)c1. The van der Waals surface area contributed by atoms with Crippen molar-refractivity contribution in [1.82, 2.24) is 10.3 Å². The van der Waals surface area contributed by atoms with Crippen LogP contribution in [0.2, 0.25) is 5.02 Å². The first-order valence-corrected chi connectivity index (χ1v) is 6.53. The van der Waals surface area contributed by atoms with Crippen molar-refractivity contribution in [3.8, 4) is 5.88 Å². The number of ether oxygens (including phenoxy) is 1. The van der Waals surface area contributed by atoms with Crippen LogP contribution in [-0.4, -0.2) is 35.3 Å². The number of nitrogens with zero attached hydrogens (tertiary/aromatic N) is 1. The van der Waals surface area contributed by atoms with E-state index in [1.54, 1.807) is 0 Å². The van der Waals surface area contributed by atoms with Crippen LogP contribution >= 0.6 is 11.6 Å². The van der Waals surface area contributed by atoms with Gasteiger partial charge in [0, 0.05) is 19.3 Å². The molecule has 1 aromatic heterocycles. The van der Waals surface area contributed by atoms with E-state index in [-0.39, 0.29) is 24.5 Å². The number of rotatable bonds is 6. The van der Waals surface area contributed by atoms with Gasteiger partial charge in [-0.15, -0.1) is 0 Å². The predicted molar refractivity (Wildman–Crippen MR) is 73.6 cm³/mol. The standard InChI is InChI=1S/C13H19ClN2O3/c1-8(2)19-13-11(14)4-10(6-16-13)12(18)15-5-9(3)7-17/h4,6,8-9,17H,5,7H2,1-3H3,(H,15,18). The summed E-state index contributed by atoms with van der Waals surface area (Å²) < 4.78 is 5.39. The van der Waals surface area contributed by atoms with E-state index >= 15 is 0 Å². The Morgan fingerprint density at radius 2 is 2.21 bits per heavy atom. The van der Waals surface area contributed by atoms with Gasteiger partial charge in [-0.3, -0.25) is 4.79 Å². The first kappa shape index (κ1) is 15.7. The lowest BCUT2D eigenvalue weighted by Gasteiger charge is -2.12. The van der Waals surface area contributed by atoms with Gasteiger partial charge in [0.05, 0.1) is 11.7 Å². The van der Waals surface area contributed by atoms with Crippen LogP contribution in [0, 0.1) is 5.92 Å². The molecule has 2 N–H and O–H groups in total. The maximum absolute atomic E-state index is 11.8. The molecule has 5 nitrogen and oxygen atoms in total. The molecule has 0 fully saturated rings. The van der Waals surface area contributed by atoms with Crippen molar-refractivity contribution < 1.29 is 14.6 Å². The summed E-state index contributed by atoms with van der Waals surface area (Å²) in [5.74, 6) is 0.0543. The third-order valence-electron chi connectivity index (χ3n) is 2.34. The van der Waals surface area contributed by atoms with Crippen molar-refractivity contribution in [2.45, 2.75) is 26.9 Å². The van der Waals surface area contributed by atoms with Crippen LogP contribution in [0.1, 0.15) is 31.1 Å². The zero-order valence-electron chi connectivity index (χ0n) is 11.3. The molecular formula is C13H19ClN2O3. The summed E-state index contributed by atoms with van der Waals surface area (Å²) in [5.41, 5.74) is 0.367. The maximum Gasteiger partial charge on any atom is 0.252 e. The van der Waals surface area contributed by atoms with E-state index in [0.29, 0.717) is 23.0 Å². The second kappa shape index (κ2) is 7.31. The van der Waals surface area contributed by atoms with Crippen molar-refractivity contribution in [1.29, 1.82) is 0 Å². The third kappa shape index (κ3) is 5.04. The van der Waals surface area contributed by atoms with Crippen molar-refractivity contribution in [2.24, 2.45) is 5.92 Å². The van der Waals surface area contributed by atoms with E-state index in [9.17, 15) is 4.79 Å². The fourth-order valence-electron chi connectivity index (χ4n) is 1.29. The molecule has 1 heterocycles. The van der Waals surface area contributed by atoms with Gasteiger partial charge in [0.1, 0.15) is 5.02 Å². The van der Waals surface area contributed by atoms with Crippen LogP contribution < -0.4 is 10.1 Å². The lowest BCUT2D eigenvalue weighted by Crippen LogP contribution is -2.29. The van der Waals surface area contributed by atoms with Gasteiger partial charge >= 0.3 is 0 Å². The average Bonchev–Trinajstić information content (AvgIpc) is 2.37. The number of nitrogens with one attached hydrogen (secondary N) is 1. The quantitative estimate of drug-likeness (QED) is 0.838. The van der Waals surface area contributed by atoms with E-state index in [4.69, 9.17) is 21.4 Å². The van der Waals surface area contributed by atoms with Crippen LogP contribution in [0.5, 0.6) is 5.88 Å². The number of carbonyl (C=O) groups excluding carboxylic acids is 1. The number of aromatic nitrogens is 1. The molecule has 0 aliphatic rings. The molecular weight excluding hydrogens is 268 g/mol. The Kier molecular flexibility index (Phi) is 6.05. The Morgan fingerprint density at radius 3 is 2.74 bits per heavy atom. The molecule has 0 saturated carbocycles. The van der Waals surface area contributed by atoms with Crippen molar-refractivity contribution >= 4 is 17.5 Å². The molecule has 0 radical (unpaired) electrons. The van der Waals surface area contributed by atoms with Gasteiger partial charge < -0.3 is 15.2 Å². The molecule has 1 amide bonds. The van der Waals surface area contributed by atoms with E-state index < -0.39 is 0 Å². The normalized spacial score (nSPS) is 12.3. The minimum absolute atomic E-state index is 0.0101. The lowest BCUT2D eigenvalue weighted by atomic mass is 10.2. The lowest BCUT2D eigenvalue weighted by molar-refractivity contribution is 0.0942. The Hall–Kier alpha value is -1.33. The molecule has 106 valence electrons. The molecule has 19 heavy (non-hydrogen) atoms. The third-order valence-corrected chi connectivity index (χ3v) is 2.61. The molecule has 0 saturated heterocycles. The molecule has 0 spiro atoms. The molecule has 0 aromatic carbocycles. The molecule has 1 rings (SSSR count). The van der Waals surface area contributed by atoms with Gasteiger partial charge in [0.25, 0.3) is 5.91 Å². The van der Waals surface area contributed by atoms with Crippen LogP contribution in [0.15, 0.2) is 12.3 Å². The minimum Gasteiger partial charge on any atom is -0.474 e. The van der Waals surface area contributed by atoms with Crippen molar-refractivity contribution in [3.05, 3.63) is 22.8 Å². The first-order chi connectivity index (χ1) is 8.93. The summed E-state index contributed by atoms with van der Waals surface area (Å²) >= 11 is 6.00. The van der Waals surface area contributed by atoms with Gasteiger partial charge in [-0.05, 0) is 25.8 Å². The summed E-state index contributed by atoms with van der Waals surface area (Å²) in [7, 11) is 0. The molecule has 6 heteroatoms. The van der Waals surface area contributed by atoms with E-state index in [2.05, 4.69) is 10.3 Å². The van der Waals surface area contributed by atoms with Gasteiger partial charge in [-0.1, -0.05) is 18.5 Å². The fourth-order valence-corrected chi connectivity index (χ4v) is 1.50. The number of halogens is 1. The Bertz CT molecular complexity index is 438. The zero-order valence-corrected chi connectivity index (χ0v) is 12.1. The number of pyridine rings is 1. The number of aliphatic hydroxyl groups is 1. The van der Waals surface area contributed by atoms with Crippen molar-refractivity contribution in [2.75, 3.05) is 13.2 Å². The van der Waals surface area contributed by atoms with Crippen LogP contribution in [-0.2, 0) is 0 Å². The number of amides is 1. The molecule has 0 aliphatic carbocycles. The molecule has 1 aromatic rings. The van der Waals surface area contributed by atoms with Gasteiger partial charge in [-0.25, -0.2) is 4.98 Å². The minimum atomic E-state index is -0.272. The van der Waals surface area contributed by atoms with Gasteiger partial charge in [-0.2, -0.15) is 0 Å². The highest BCUT2D eigenvalue weighted by molar-refractivity contribution is 6.32. The van der Waals surface area contributed by atoms with Gasteiger partial charge in [0.2, 0.25) is 5.88 Å². The van der Waals surface area contributed by atoms with Crippen LogP contribution in [0.3, 0.4) is 0 Å². The summed E-state index contributed by atoms with van der Waals surface area (Å²) in [4.78, 5) is 15.8. The monoisotopic (exact) mass is 286 g/mol. The molecule has 0 bridgehead atoms. The number of carbonyl (C=O) groups is 1. The fraction of sp³-hybridized carbons (Fsp3) is 0.538. The Labute approximate surface area is 117 Å². The number of hydrogen-bond acceptors (Lipinski definition) is 4. The first-order valence-electron chi connectivity index (χ1n) is 6.15. The largest absolute Gasteiger partial charge is 0.474 e. The summed E-state index contributed by atoms with van der Waals surface area (Å²) in [6.07, 6.45) is 1.39. The van der Waals surface area contributed by atoms with E-state index in [1.165, 1.54) is 12.3 Å². The van der Waals surface area contributed by atoms with Crippen molar-refractivity contribution in [3.63, 3.8) is 0 Å². The summed E-state index contributed by atoms with van der Waals surface area (Å²) in [6, 6.07) is 1.52. The predicted octanol–water partition coefficient (Wildman–Crippen LogP) is 1.88. The average molecular weight is 287 g/mol. The van der Waals surface area contributed by atoms with Crippen LogP contribution in [0.25, 0.3) is 0 Å². The highest BCUT2D eigenvalue weighted by atomic mass is 35.5. The maximum atomic E-state index is 11.8. The Morgan fingerprint density at radius 1 is 1.53 bits per heavy atom. The smallest absolute Gasteiger partial charge is 0.252 e. The van der Waals surface area contributed by atoms with E-state index in [0.717, 1.165) is 0 Å². The second-order valence-electron chi connectivity index (χ2n) is 4.68. The molecule has 1 unspecified atom stereocenters. The topological polar surface area (TPSA) is 71.5 Å².